The van der Waals surface area contributed by atoms with Gasteiger partial charge in [-0.3, -0.25) is 9.48 Å². The van der Waals surface area contributed by atoms with Gasteiger partial charge in [0.2, 0.25) is 0 Å². The van der Waals surface area contributed by atoms with Crippen molar-refractivity contribution in [1.29, 1.82) is 0 Å². The Hall–Kier alpha value is -2.31. The van der Waals surface area contributed by atoms with Crippen molar-refractivity contribution < 1.29 is 18.0 Å². The minimum atomic E-state index is -4.38. The molecule has 0 bridgehead atoms. The number of rotatable bonds is 1. The number of nitrogens with zero attached hydrogens (tertiary/aromatic N) is 3. The van der Waals surface area contributed by atoms with Crippen molar-refractivity contribution in [3.8, 4) is 0 Å². The fourth-order valence-electron chi connectivity index (χ4n) is 2.65. The number of anilines is 1. The van der Waals surface area contributed by atoms with E-state index in [9.17, 15) is 18.0 Å². The van der Waals surface area contributed by atoms with E-state index in [1.54, 1.807) is 17.8 Å². The van der Waals surface area contributed by atoms with E-state index < -0.39 is 11.7 Å². The average Bonchev–Trinajstić information content (AvgIpc) is 2.85. The molecule has 0 fully saturated rings. The van der Waals surface area contributed by atoms with Crippen LogP contribution < -0.4 is 4.90 Å². The van der Waals surface area contributed by atoms with Gasteiger partial charge < -0.3 is 4.90 Å². The third-order valence-electron chi connectivity index (χ3n) is 3.80. The van der Waals surface area contributed by atoms with Crippen molar-refractivity contribution in [3.63, 3.8) is 0 Å². The van der Waals surface area contributed by atoms with E-state index in [0.717, 1.165) is 17.7 Å². The van der Waals surface area contributed by atoms with Crippen LogP contribution in [-0.2, 0) is 6.18 Å². The molecular weight excluding hydrogens is 295 g/mol. The molecular formula is C15H14F3N3O. The zero-order chi connectivity index (χ0) is 16.1. The summed E-state index contributed by atoms with van der Waals surface area (Å²) in [6.45, 7) is 4.08. The maximum Gasteiger partial charge on any atom is 0.416 e. The highest BCUT2D eigenvalue weighted by atomic mass is 19.4. The van der Waals surface area contributed by atoms with Crippen LogP contribution >= 0.6 is 0 Å². The number of benzene rings is 1. The molecule has 2 heterocycles. The Morgan fingerprint density at radius 2 is 1.86 bits per heavy atom. The number of carbonyl (C=O) groups is 1. The average molecular weight is 309 g/mol. The summed E-state index contributed by atoms with van der Waals surface area (Å²) in [5, 5.41) is 4.18. The monoisotopic (exact) mass is 309 g/mol. The number of hydrogen-bond acceptors (Lipinski definition) is 2. The molecule has 0 radical (unpaired) electrons. The molecule has 116 valence electrons. The molecule has 0 unspecified atom stereocenters. The summed E-state index contributed by atoms with van der Waals surface area (Å²) in [5.41, 5.74) is 0.971. The zero-order valence-corrected chi connectivity index (χ0v) is 12.1. The second-order valence-electron chi connectivity index (χ2n) is 5.43. The third-order valence-corrected chi connectivity index (χ3v) is 3.80. The van der Waals surface area contributed by atoms with E-state index in [1.807, 2.05) is 6.92 Å². The number of amides is 1. The summed E-state index contributed by atoms with van der Waals surface area (Å²) in [6.07, 6.45) is -2.76. The molecule has 7 heteroatoms. The molecule has 0 saturated heterocycles. The maximum absolute atomic E-state index is 12.6. The topological polar surface area (TPSA) is 38.1 Å². The summed E-state index contributed by atoms with van der Waals surface area (Å²) >= 11 is 0. The van der Waals surface area contributed by atoms with Gasteiger partial charge in [0.1, 0.15) is 5.69 Å². The lowest BCUT2D eigenvalue weighted by Crippen LogP contribution is -2.42. The first-order chi connectivity index (χ1) is 10.3. The number of fused-ring (bicyclic) bond motifs is 1. The first kappa shape index (κ1) is 14.6. The second kappa shape index (κ2) is 4.86. The van der Waals surface area contributed by atoms with Crippen molar-refractivity contribution in [2.24, 2.45) is 0 Å². The van der Waals surface area contributed by atoms with Crippen molar-refractivity contribution in [2.45, 2.75) is 26.1 Å². The van der Waals surface area contributed by atoms with Crippen LogP contribution in [0, 0.1) is 6.92 Å². The first-order valence-corrected chi connectivity index (χ1v) is 6.82. The molecule has 1 aromatic carbocycles. The molecule has 22 heavy (non-hydrogen) atoms. The van der Waals surface area contributed by atoms with Crippen LogP contribution in [0.4, 0.5) is 18.9 Å². The number of halogens is 3. The number of aryl methyl sites for hydroxylation is 1. The second-order valence-corrected chi connectivity index (χ2v) is 5.43. The van der Waals surface area contributed by atoms with Crippen LogP contribution in [0.1, 0.15) is 34.6 Å². The molecule has 1 aromatic heterocycles. The van der Waals surface area contributed by atoms with Crippen LogP contribution in [-0.4, -0.2) is 22.2 Å². The molecule has 0 aliphatic carbocycles. The summed E-state index contributed by atoms with van der Waals surface area (Å²) in [7, 11) is 0. The van der Waals surface area contributed by atoms with Crippen molar-refractivity contribution in [3.05, 3.63) is 47.3 Å². The van der Waals surface area contributed by atoms with Gasteiger partial charge in [-0.15, -0.1) is 0 Å². The molecule has 3 rings (SSSR count). The summed E-state index contributed by atoms with van der Waals surface area (Å²) < 4.78 is 39.5. The highest BCUT2D eigenvalue weighted by Crippen LogP contribution is 2.32. The standard InChI is InChI=1S/C15H14F3N3O/c1-9-7-19-21-10(2)8-20(14(22)13(9)21)12-5-3-11(4-6-12)15(16,17)18/h3-7,10H,8H2,1-2H3/t10-/m1/s1. The lowest BCUT2D eigenvalue weighted by Gasteiger charge is -2.32. The van der Waals surface area contributed by atoms with Gasteiger partial charge in [0.05, 0.1) is 17.8 Å². The molecule has 1 aliphatic rings. The van der Waals surface area contributed by atoms with E-state index in [2.05, 4.69) is 5.10 Å². The Balaban J connectivity index is 1.96. The Morgan fingerprint density at radius 3 is 2.45 bits per heavy atom. The Bertz CT molecular complexity index is 719. The van der Waals surface area contributed by atoms with E-state index in [0.29, 0.717) is 17.9 Å². The molecule has 1 amide bonds. The van der Waals surface area contributed by atoms with Crippen LogP contribution in [0.2, 0.25) is 0 Å². The molecule has 1 atom stereocenters. The van der Waals surface area contributed by atoms with Gasteiger partial charge in [-0.2, -0.15) is 18.3 Å². The fraction of sp³-hybridized carbons (Fsp3) is 0.333. The maximum atomic E-state index is 12.6. The van der Waals surface area contributed by atoms with Gasteiger partial charge in [0.15, 0.2) is 0 Å². The summed E-state index contributed by atoms with van der Waals surface area (Å²) in [5.74, 6) is -0.243. The number of aromatic nitrogens is 2. The van der Waals surface area contributed by atoms with Crippen LogP contribution in [0.25, 0.3) is 0 Å². The minimum Gasteiger partial charge on any atom is -0.305 e. The van der Waals surface area contributed by atoms with Gasteiger partial charge in [-0.05, 0) is 38.1 Å². The lowest BCUT2D eigenvalue weighted by molar-refractivity contribution is -0.137. The lowest BCUT2D eigenvalue weighted by atomic mass is 10.1. The van der Waals surface area contributed by atoms with Crippen LogP contribution in [0.3, 0.4) is 0 Å². The normalized spacial score (nSPS) is 18.5. The molecule has 0 N–H and O–H groups in total. The van der Waals surface area contributed by atoms with Gasteiger partial charge >= 0.3 is 6.18 Å². The number of alkyl halides is 3. The predicted molar refractivity (Wildman–Crippen MR) is 74.8 cm³/mol. The highest BCUT2D eigenvalue weighted by molar-refractivity contribution is 6.06. The largest absolute Gasteiger partial charge is 0.416 e. The predicted octanol–water partition coefficient (Wildman–Crippen LogP) is 3.43. The van der Waals surface area contributed by atoms with Gasteiger partial charge in [0.25, 0.3) is 5.91 Å². The molecule has 4 nitrogen and oxygen atoms in total. The Labute approximate surface area is 125 Å². The summed E-state index contributed by atoms with van der Waals surface area (Å²) in [6, 6.07) is 4.60. The van der Waals surface area contributed by atoms with Gasteiger partial charge in [0, 0.05) is 17.8 Å². The smallest absolute Gasteiger partial charge is 0.305 e. The molecule has 0 spiro atoms. The quantitative estimate of drug-likeness (QED) is 0.809. The minimum absolute atomic E-state index is 0.0382. The van der Waals surface area contributed by atoms with E-state index in [1.165, 1.54) is 17.0 Å². The highest BCUT2D eigenvalue weighted by Gasteiger charge is 2.33. The van der Waals surface area contributed by atoms with Crippen LogP contribution in [0.15, 0.2) is 30.5 Å². The third kappa shape index (κ3) is 2.26. The van der Waals surface area contributed by atoms with Gasteiger partial charge in [-0.25, -0.2) is 0 Å². The zero-order valence-electron chi connectivity index (χ0n) is 12.1. The summed E-state index contributed by atoms with van der Waals surface area (Å²) in [4.78, 5) is 14.1. The number of carbonyl (C=O) groups excluding carboxylic acids is 1. The molecule has 2 aromatic rings. The number of hydrogen-bond donors (Lipinski definition) is 0. The van der Waals surface area contributed by atoms with Crippen molar-refractivity contribution in [2.75, 3.05) is 11.4 Å². The molecule has 1 aliphatic heterocycles. The Morgan fingerprint density at radius 1 is 1.23 bits per heavy atom. The van der Waals surface area contributed by atoms with Crippen molar-refractivity contribution >= 4 is 11.6 Å². The van der Waals surface area contributed by atoms with E-state index in [4.69, 9.17) is 0 Å². The fourth-order valence-corrected chi connectivity index (χ4v) is 2.65. The van der Waals surface area contributed by atoms with E-state index in [-0.39, 0.29) is 11.9 Å². The van der Waals surface area contributed by atoms with Crippen LogP contribution in [0.5, 0.6) is 0 Å². The van der Waals surface area contributed by atoms with Gasteiger partial charge in [-0.1, -0.05) is 0 Å². The SMILES string of the molecule is Cc1cnn2c1C(=O)N(c1ccc(C(F)(F)F)cc1)C[C@H]2C. The van der Waals surface area contributed by atoms with Crippen molar-refractivity contribution in [1.82, 2.24) is 9.78 Å². The molecule has 0 saturated carbocycles. The van der Waals surface area contributed by atoms with E-state index >= 15 is 0 Å². The first-order valence-electron chi connectivity index (χ1n) is 6.82. The Kier molecular flexibility index (Phi) is 3.23.